The molecule has 8 rings (SSSR count). The molecule has 0 saturated heterocycles. The van der Waals surface area contributed by atoms with E-state index >= 15 is 0 Å². The average Bonchev–Trinajstić information content (AvgIpc) is 3.94. The maximum atomic E-state index is 14.2. The van der Waals surface area contributed by atoms with E-state index in [2.05, 4.69) is 15.6 Å². The second kappa shape index (κ2) is 13.0. The summed E-state index contributed by atoms with van der Waals surface area (Å²) in [5.41, 5.74) is 4.24. The van der Waals surface area contributed by atoms with Gasteiger partial charge in [-0.3, -0.25) is 9.59 Å². The van der Waals surface area contributed by atoms with Crippen molar-refractivity contribution in [2.45, 2.75) is 64.3 Å². The molecular formula is C41H40N4O8. The number of oxazole rings is 2. The highest BCUT2D eigenvalue weighted by Gasteiger charge is 2.61. The zero-order chi connectivity index (χ0) is 37.2. The fourth-order valence-corrected chi connectivity index (χ4v) is 7.81. The Bertz CT molecular complexity index is 2240. The predicted octanol–water partition coefficient (Wildman–Crippen LogP) is 6.22. The van der Waals surface area contributed by atoms with Gasteiger partial charge in [0.15, 0.2) is 29.2 Å². The van der Waals surface area contributed by atoms with E-state index in [0.29, 0.717) is 11.5 Å². The van der Waals surface area contributed by atoms with Crippen molar-refractivity contribution in [2.75, 3.05) is 12.4 Å². The number of anilines is 1. The highest BCUT2D eigenvalue weighted by atomic mass is 16.5. The second-order valence-corrected chi connectivity index (χ2v) is 14.6. The van der Waals surface area contributed by atoms with Gasteiger partial charge in [0.2, 0.25) is 17.7 Å². The third kappa shape index (κ3) is 5.51. The van der Waals surface area contributed by atoms with Gasteiger partial charge in [-0.15, -0.1) is 0 Å². The quantitative estimate of drug-likeness (QED) is 0.156. The molecule has 272 valence electrons. The third-order valence-electron chi connectivity index (χ3n) is 10.6. The van der Waals surface area contributed by atoms with Crippen LogP contribution in [-0.4, -0.2) is 52.2 Å². The van der Waals surface area contributed by atoms with Crippen LogP contribution in [-0.2, 0) is 26.2 Å². The average molecular weight is 717 g/mol. The highest BCUT2D eigenvalue weighted by Crippen LogP contribution is 2.60. The summed E-state index contributed by atoms with van der Waals surface area (Å²) in [7, 11) is 1.26. The van der Waals surface area contributed by atoms with Crippen LogP contribution in [0.3, 0.4) is 0 Å². The van der Waals surface area contributed by atoms with Crippen LogP contribution < -0.4 is 15.4 Å². The number of ether oxygens (including phenoxy) is 2. The molecular weight excluding hydrogens is 676 g/mol. The van der Waals surface area contributed by atoms with Gasteiger partial charge < -0.3 is 34.0 Å². The van der Waals surface area contributed by atoms with Gasteiger partial charge in [0.25, 0.3) is 0 Å². The molecule has 12 heteroatoms. The van der Waals surface area contributed by atoms with E-state index in [1.54, 1.807) is 13.8 Å². The number of hydrogen-bond acceptors (Lipinski definition) is 11. The van der Waals surface area contributed by atoms with Crippen molar-refractivity contribution >= 4 is 23.3 Å². The summed E-state index contributed by atoms with van der Waals surface area (Å²) < 4.78 is 24.5. The number of Topliss-reactive ketones (excluding diaryl/α,β-unsaturated/α-hetero) is 1. The smallest absolute Gasteiger partial charge is 0.360 e. The van der Waals surface area contributed by atoms with Gasteiger partial charge in [0, 0.05) is 34.7 Å². The van der Waals surface area contributed by atoms with Crippen molar-refractivity contribution in [1.29, 1.82) is 0 Å². The monoisotopic (exact) mass is 716 g/mol. The number of benzene rings is 3. The van der Waals surface area contributed by atoms with E-state index in [1.807, 2.05) is 80.6 Å². The lowest BCUT2D eigenvalue weighted by atomic mass is 9.72. The fraction of sp³-hybridized carbons (Fsp3) is 0.341. The first-order chi connectivity index (χ1) is 25.5. The summed E-state index contributed by atoms with van der Waals surface area (Å²) in [5, 5.41) is 17.5. The van der Waals surface area contributed by atoms with Gasteiger partial charge in [-0.1, -0.05) is 88.4 Å². The molecule has 1 amide bonds. The lowest BCUT2D eigenvalue weighted by molar-refractivity contribution is -0.135. The summed E-state index contributed by atoms with van der Waals surface area (Å²) in [4.78, 5) is 49.5. The van der Waals surface area contributed by atoms with Crippen molar-refractivity contribution in [2.24, 2.45) is 17.8 Å². The first-order valence-electron chi connectivity index (χ1n) is 17.8. The van der Waals surface area contributed by atoms with Crippen molar-refractivity contribution in [3.63, 3.8) is 0 Å². The highest BCUT2D eigenvalue weighted by molar-refractivity contribution is 5.91. The number of carbonyl (C=O) groups is 3. The summed E-state index contributed by atoms with van der Waals surface area (Å²) in [6.45, 7) is 7.40. The van der Waals surface area contributed by atoms with Gasteiger partial charge in [-0.2, -0.15) is 0 Å². The largest absolute Gasteiger partial charge is 0.469 e. The fourth-order valence-electron chi connectivity index (χ4n) is 7.81. The number of methoxy groups -OCH3 is 1. The number of nitrogens with zero attached hydrogens (tertiary/aromatic N) is 2. The second-order valence-electron chi connectivity index (χ2n) is 14.6. The number of hydrogen-bond donors (Lipinski definition) is 3. The van der Waals surface area contributed by atoms with E-state index in [0.717, 1.165) is 33.5 Å². The molecule has 0 fully saturated rings. The molecule has 2 unspecified atom stereocenters. The minimum absolute atomic E-state index is 0.0237. The number of carbonyl (C=O) groups excluding carboxylic acids is 3. The maximum Gasteiger partial charge on any atom is 0.360 e. The van der Waals surface area contributed by atoms with Gasteiger partial charge >= 0.3 is 5.97 Å². The Labute approximate surface area is 305 Å². The summed E-state index contributed by atoms with van der Waals surface area (Å²) in [6, 6.07) is 21.1. The molecule has 4 bridgehead atoms. The standard InChI is InChI=1S/C41H40N4O8/c1-20(2)31-38-44-33(37-42-28(19-51-37)39(49)50-5)35(53-38)41-26-13-9-12-25(23-10-7-6-8-11-23)32(26)45-40(41)52-30-15-14-22(17-27(30)41)16-24(36(48)43-31)18-29(46)34(47)21(3)4/h6-15,17,19-21,24,31,34,40,45,47H,16,18H2,1-5H3,(H,43,48)/t24?,31-,34-,40-,41?/m0/s1. The molecule has 1 spiro atoms. The number of aliphatic hydroxyl groups is 1. The molecule has 3 aromatic carbocycles. The van der Waals surface area contributed by atoms with Crippen molar-refractivity contribution in [1.82, 2.24) is 15.3 Å². The zero-order valence-corrected chi connectivity index (χ0v) is 30.0. The van der Waals surface area contributed by atoms with Crippen LogP contribution in [0.1, 0.15) is 79.0 Å². The van der Waals surface area contributed by atoms with Crippen molar-refractivity contribution in [3.05, 3.63) is 107 Å². The van der Waals surface area contributed by atoms with Gasteiger partial charge in [0.05, 0.1) is 7.11 Å². The van der Waals surface area contributed by atoms with Crippen LogP contribution in [0.4, 0.5) is 5.69 Å². The molecule has 3 aliphatic rings. The van der Waals surface area contributed by atoms with E-state index in [-0.39, 0.29) is 53.8 Å². The predicted molar refractivity (Wildman–Crippen MR) is 193 cm³/mol. The van der Waals surface area contributed by atoms with E-state index in [4.69, 9.17) is 23.3 Å². The normalized spacial score (nSPS) is 21.8. The third-order valence-corrected chi connectivity index (χ3v) is 10.6. The number of aliphatic hydroxyl groups excluding tert-OH is 1. The van der Waals surface area contributed by atoms with E-state index in [9.17, 15) is 19.5 Å². The first kappa shape index (κ1) is 34.3. The van der Waals surface area contributed by atoms with Crippen molar-refractivity contribution < 1.29 is 37.8 Å². The minimum atomic E-state index is -1.20. The van der Waals surface area contributed by atoms with Crippen LogP contribution >= 0.6 is 0 Å². The molecule has 3 N–H and O–H groups in total. The molecule has 53 heavy (non-hydrogen) atoms. The summed E-state index contributed by atoms with van der Waals surface area (Å²) in [5.74, 6) is -1.60. The zero-order valence-electron chi connectivity index (χ0n) is 30.0. The number of amides is 1. The molecule has 0 saturated carbocycles. The molecule has 5 aromatic rings. The van der Waals surface area contributed by atoms with Crippen LogP contribution in [0.15, 0.2) is 81.8 Å². The van der Waals surface area contributed by atoms with E-state index < -0.39 is 41.5 Å². The van der Waals surface area contributed by atoms with Gasteiger partial charge in [-0.25, -0.2) is 14.8 Å². The number of nitrogens with one attached hydrogen (secondary N) is 2. The number of esters is 1. The Morgan fingerprint density at radius 1 is 1.00 bits per heavy atom. The lowest BCUT2D eigenvalue weighted by Gasteiger charge is -2.28. The van der Waals surface area contributed by atoms with Crippen LogP contribution in [0, 0.1) is 17.8 Å². The first-order valence-corrected chi connectivity index (χ1v) is 17.8. The maximum absolute atomic E-state index is 14.2. The SMILES string of the molecule is COC(=O)c1coc(-c2nc3oc2C24c5cc(ccc5O[C@@H]2Nc2c(-c5ccccc5)cccc24)CC(CC(=O)[C@@H](O)C(C)C)C(=O)N[C@H]3C(C)C)n1. The Balaban J connectivity index is 1.40. The number of fused-ring (bicyclic) bond motifs is 4. The molecule has 5 heterocycles. The molecule has 3 aliphatic heterocycles. The molecule has 5 atom stereocenters. The number of ketones is 1. The summed E-state index contributed by atoms with van der Waals surface area (Å²) in [6.07, 6.45) is -0.627. The Morgan fingerprint density at radius 2 is 1.79 bits per heavy atom. The van der Waals surface area contributed by atoms with Crippen LogP contribution in [0.25, 0.3) is 22.7 Å². The number of para-hydroxylation sites is 1. The molecule has 2 aromatic heterocycles. The van der Waals surface area contributed by atoms with Gasteiger partial charge in [-0.05, 0) is 35.4 Å². The lowest BCUT2D eigenvalue weighted by Crippen LogP contribution is -2.41. The van der Waals surface area contributed by atoms with Crippen LogP contribution in [0.5, 0.6) is 5.75 Å². The molecule has 0 radical (unpaired) electrons. The minimum Gasteiger partial charge on any atom is -0.469 e. The van der Waals surface area contributed by atoms with E-state index in [1.165, 1.54) is 13.4 Å². The summed E-state index contributed by atoms with van der Waals surface area (Å²) >= 11 is 0. The molecule has 0 aliphatic carbocycles. The van der Waals surface area contributed by atoms with Gasteiger partial charge in [0.1, 0.15) is 29.6 Å². The van der Waals surface area contributed by atoms with Crippen LogP contribution in [0.2, 0.25) is 0 Å². The molecule has 12 nitrogen and oxygen atoms in total. The number of rotatable bonds is 8. The van der Waals surface area contributed by atoms with Crippen molar-refractivity contribution in [3.8, 4) is 28.5 Å². The Kier molecular flexibility index (Phi) is 8.44. The Morgan fingerprint density at radius 3 is 2.53 bits per heavy atom. The number of aromatic nitrogens is 2. The topological polar surface area (TPSA) is 166 Å². The Hall–Kier alpha value is -5.75.